The van der Waals surface area contributed by atoms with Crippen molar-refractivity contribution in [1.82, 2.24) is 4.90 Å². The van der Waals surface area contributed by atoms with Crippen LogP contribution in [-0.4, -0.2) is 48.7 Å². The molecule has 2 fully saturated rings. The maximum atomic E-state index is 13.0. The lowest BCUT2D eigenvalue weighted by Crippen LogP contribution is -2.52. The number of fused-ring (bicyclic) bond motifs is 2. The number of methoxy groups -OCH3 is 1. The number of para-hydroxylation sites is 2. The van der Waals surface area contributed by atoms with Gasteiger partial charge in [-0.15, -0.1) is 11.8 Å². The number of hydrogen-bond donors (Lipinski definition) is 0. The van der Waals surface area contributed by atoms with E-state index in [9.17, 15) is 9.59 Å². The summed E-state index contributed by atoms with van der Waals surface area (Å²) in [6.07, 6.45) is 3.75. The lowest BCUT2D eigenvalue weighted by molar-refractivity contribution is -0.138. The molecule has 0 spiro atoms. The third-order valence-electron chi connectivity index (χ3n) is 5.63. The molecule has 2 aliphatic heterocycles. The van der Waals surface area contributed by atoms with Crippen LogP contribution in [0.4, 0.5) is 5.69 Å². The molecule has 2 heterocycles. The van der Waals surface area contributed by atoms with E-state index < -0.39 is 0 Å². The standard InChI is InChI=1S/C22H24N2O3S/c1-27-19-9-5-3-7-15(19)11-12-21(25)23-14-16-13-18(23)22(26)24(16)17-8-4-6-10-20(17)28-2/h3-10,16,18H,11-14H2,1-2H3/t16-,18-/m0/s1. The molecular weight excluding hydrogens is 372 g/mol. The van der Waals surface area contributed by atoms with Crippen LogP contribution in [0.3, 0.4) is 0 Å². The topological polar surface area (TPSA) is 49.9 Å². The van der Waals surface area contributed by atoms with Gasteiger partial charge in [0.1, 0.15) is 11.8 Å². The summed E-state index contributed by atoms with van der Waals surface area (Å²) in [4.78, 5) is 30.6. The van der Waals surface area contributed by atoms with E-state index in [1.165, 1.54) is 0 Å². The first kappa shape index (κ1) is 18.9. The number of carbonyl (C=O) groups excluding carboxylic acids is 2. The molecule has 0 aromatic heterocycles. The van der Waals surface area contributed by atoms with Gasteiger partial charge in [0.2, 0.25) is 11.8 Å². The van der Waals surface area contributed by atoms with E-state index in [0.717, 1.165) is 28.3 Å². The molecule has 2 aromatic carbocycles. The molecule has 0 N–H and O–H groups in total. The fraction of sp³-hybridized carbons (Fsp3) is 0.364. The van der Waals surface area contributed by atoms with Gasteiger partial charge in [-0.05, 0) is 42.9 Å². The fourth-order valence-electron chi connectivity index (χ4n) is 4.29. The minimum atomic E-state index is -0.329. The van der Waals surface area contributed by atoms with Crippen LogP contribution in [0.25, 0.3) is 0 Å². The molecule has 0 aliphatic carbocycles. The van der Waals surface area contributed by atoms with E-state index in [4.69, 9.17) is 4.74 Å². The zero-order valence-electron chi connectivity index (χ0n) is 16.1. The van der Waals surface area contributed by atoms with Crippen molar-refractivity contribution in [3.8, 4) is 5.75 Å². The Labute approximate surface area is 169 Å². The Bertz CT molecular complexity index is 901. The van der Waals surface area contributed by atoms with Crippen LogP contribution in [0.2, 0.25) is 0 Å². The predicted octanol–water partition coefficient (Wildman–Crippen LogP) is 3.37. The average molecular weight is 397 g/mol. The van der Waals surface area contributed by atoms with Crippen molar-refractivity contribution in [1.29, 1.82) is 0 Å². The van der Waals surface area contributed by atoms with Gasteiger partial charge in [0.15, 0.2) is 0 Å². The third-order valence-corrected chi connectivity index (χ3v) is 6.42. The molecule has 0 radical (unpaired) electrons. The number of carbonyl (C=O) groups is 2. The van der Waals surface area contributed by atoms with Crippen molar-refractivity contribution in [3.63, 3.8) is 0 Å². The van der Waals surface area contributed by atoms with Crippen molar-refractivity contribution in [3.05, 3.63) is 54.1 Å². The number of benzene rings is 2. The Hall–Kier alpha value is -2.47. The maximum absolute atomic E-state index is 13.0. The highest BCUT2D eigenvalue weighted by atomic mass is 32.2. The summed E-state index contributed by atoms with van der Waals surface area (Å²) < 4.78 is 5.37. The molecule has 2 aromatic rings. The van der Waals surface area contributed by atoms with Crippen LogP contribution in [0.5, 0.6) is 5.75 Å². The van der Waals surface area contributed by atoms with E-state index in [0.29, 0.717) is 19.4 Å². The number of aryl methyl sites for hydroxylation is 1. The fourth-order valence-corrected chi connectivity index (χ4v) is 4.88. The minimum Gasteiger partial charge on any atom is -0.496 e. The van der Waals surface area contributed by atoms with Gasteiger partial charge in [0.25, 0.3) is 0 Å². The summed E-state index contributed by atoms with van der Waals surface area (Å²) in [5, 5.41) is 0. The van der Waals surface area contributed by atoms with Crippen molar-refractivity contribution < 1.29 is 14.3 Å². The Balaban J connectivity index is 1.44. The Morgan fingerprint density at radius 2 is 1.93 bits per heavy atom. The number of hydrogen-bond acceptors (Lipinski definition) is 4. The molecule has 2 aliphatic rings. The second-order valence-corrected chi connectivity index (χ2v) is 7.99. The van der Waals surface area contributed by atoms with E-state index >= 15 is 0 Å². The number of anilines is 1. The number of nitrogens with zero attached hydrogens (tertiary/aromatic N) is 2. The molecule has 0 saturated carbocycles. The molecule has 146 valence electrons. The lowest BCUT2D eigenvalue weighted by atomic mass is 10.1. The average Bonchev–Trinajstić information content (AvgIpc) is 3.30. The molecule has 6 heteroatoms. The summed E-state index contributed by atoms with van der Waals surface area (Å²) in [5.41, 5.74) is 1.98. The molecule has 28 heavy (non-hydrogen) atoms. The molecular formula is C22H24N2O3S. The Kier molecular flexibility index (Phi) is 5.31. The van der Waals surface area contributed by atoms with E-state index in [1.54, 1.807) is 23.8 Å². The highest BCUT2D eigenvalue weighted by molar-refractivity contribution is 7.98. The smallest absolute Gasteiger partial charge is 0.250 e. The Morgan fingerprint density at radius 1 is 1.18 bits per heavy atom. The largest absolute Gasteiger partial charge is 0.496 e. The normalized spacial score (nSPS) is 20.7. The zero-order valence-corrected chi connectivity index (χ0v) is 16.9. The molecule has 2 amide bonds. The quantitative estimate of drug-likeness (QED) is 0.703. The van der Waals surface area contributed by atoms with E-state index in [-0.39, 0.29) is 23.9 Å². The summed E-state index contributed by atoms with van der Waals surface area (Å²) >= 11 is 1.64. The zero-order chi connectivity index (χ0) is 19.7. The van der Waals surface area contributed by atoms with E-state index in [1.807, 2.05) is 59.7 Å². The van der Waals surface area contributed by atoms with Crippen LogP contribution in [-0.2, 0) is 16.0 Å². The first-order valence-electron chi connectivity index (χ1n) is 9.51. The second kappa shape index (κ2) is 7.87. The summed E-state index contributed by atoms with van der Waals surface area (Å²) in [6.45, 7) is 0.615. The van der Waals surface area contributed by atoms with Crippen LogP contribution in [0.1, 0.15) is 18.4 Å². The molecule has 2 atom stereocenters. The van der Waals surface area contributed by atoms with Crippen LogP contribution in [0.15, 0.2) is 53.4 Å². The van der Waals surface area contributed by atoms with Gasteiger partial charge in [-0.2, -0.15) is 0 Å². The third kappa shape index (κ3) is 3.26. The van der Waals surface area contributed by atoms with Crippen LogP contribution >= 0.6 is 11.8 Å². The number of thioether (sulfide) groups is 1. The summed E-state index contributed by atoms with van der Waals surface area (Å²) in [7, 11) is 1.64. The second-order valence-electron chi connectivity index (χ2n) is 7.14. The van der Waals surface area contributed by atoms with Crippen molar-refractivity contribution in [2.45, 2.75) is 36.2 Å². The summed E-state index contributed by atoms with van der Waals surface area (Å²) in [6, 6.07) is 15.5. The van der Waals surface area contributed by atoms with Crippen molar-refractivity contribution >= 4 is 29.3 Å². The highest BCUT2D eigenvalue weighted by Crippen LogP contribution is 2.39. The van der Waals surface area contributed by atoms with Gasteiger partial charge in [-0.25, -0.2) is 0 Å². The van der Waals surface area contributed by atoms with Gasteiger partial charge in [-0.1, -0.05) is 30.3 Å². The van der Waals surface area contributed by atoms with Gasteiger partial charge in [0.05, 0.1) is 18.8 Å². The number of piperazine rings is 1. The van der Waals surface area contributed by atoms with Gasteiger partial charge >= 0.3 is 0 Å². The number of rotatable bonds is 6. The number of amides is 2. The molecule has 0 unspecified atom stereocenters. The summed E-state index contributed by atoms with van der Waals surface area (Å²) in [5.74, 6) is 0.891. The monoisotopic (exact) mass is 396 g/mol. The van der Waals surface area contributed by atoms with Gasteiger partial charge in [-0.3, -0.25) is 9.59 Å². The maximum Gasteiger partial charge on any atom is 0.250 e. The molecule has 5 nitrogen and oxygen atoms in total. The lowest BCUT2D eigenvalue weighted by Gasteiger charge is -2.34. The highest BCUT2D eigenvalue weighted by Gasteiger charge is 2.51. The number of likely N-dealkylation sites (tertiary alicyclic amines) is 1. The molecule has 2 saturated heterocycles. The molecule has 2 bridgehead atoms. The van der Waals surface area contributed by atoms with Gasteiger partial charge < -0.3 is 14.5 Å². The molecule has 4 rings (SSSR count). The Morgan fingerprint density at radius 3 is 2.68 bits per heavy atom. The van der Waals surface area contributed by atoms with Crippen molar-refractivity contribution in [2.75, 3.05) is 24.8 Å². The van der Waals surface area contributed by atoms with E-state index in [2.05, 4.69) is 0 Å². The van der Waals surface area contributed by atoms with Crippen molar-refractivity contribution in [2.24, 2.45) is 0 Å². The first-order valence-corrected chi connectivity index (χ1v) is 10.7. The van der Waals surface area contributed by atoms with Crippen LogP contribution in [0, 0.1) is 0 Å². The SMILES string of the molecule is COc1ccccc1CCC(=O)N1C[C@@H]2C[C@H]1C(=O)N2c1ccccc1SC. The first-order chi connectivity index (χ1) is 13.6. The minimum absolute atomic E-state index is 0.0448. The van der Waals surface area contributed by atoms with Gasteiger partial charge in [0, 0.05) is 17.9 Å². The predicted molar refractivity (Wildman–Crippen MR) is 111 cm³/mol. The number of ether oxygens (including phenoxy) is 1. The van der Waals surface area contributed by atoms with Crippen LogP contribution < -0.4 is 9.64 Å².